The number of hydrogen-bond acceptors (Lipinski definition) is 4. The number of aromatic nitrogens is 2. The van der Waals surface area contributed by atoms with Crippen LogP contribution in [0.25, 0.3) is 11.0 Å². The number of halogens is 1. The zero-order valence-corrected chi connectivity index (χ0v) is 12.2. The zero-order valence-electron chi connectivity index (χ0n) is 8.88. The summed E-state index contributed by atoms with van der Waals surface area (Å²) in [6.07, 6.45) is 0. The van der Waals surface area contributed by atoms with E-state index in [4.69, 9.17) is 4.42 Å². The van der Waals surface area contributed by atoms with E-state index >= 15 is 0 Å². The van der Waals surface area contributed by atoms with Crippen LogP contribution >= 0.6 is 15.9 Å². The number of furan rings is 1. The van der Waals surface area contributed by atoms with Gasteiger partial charge in [0, 0.05) is 0 Å². The first-order valence-corrected chi connectivity index (χ1v) is 7.34. The van der Waals surface area contributed by atoms with Gasteiger partial charge in [0.25, 0.3) is 0 Å². The summed E-state index contributed by atoms with van der Waals surface area (Å²) in [7, 11) is 0. The van der Waals surface area contributed by atoms with Crippen molar-refractivity contribution < 1.29 is 9.21 Å². The van der Waals surface area contributed by atoms with Gasteiger partial charge in [0.2, 0.25) is 0 Å². The van der Waals surface area contributed by atoms with E-state index in [9.17, 15) is 4.79 Å². The van der Waals surface area contributed by atoms with Gasteiger partial charge in [0.15, 0.2) is 0 Å². The number of rotatable bonds is 2. The molecule has 5 nitrogen and oxygen atoms in total. The molecule has 0 unspecified atom stereocenters. The topological polar surface area (TPSA) is 68.0 Å². The van der Waals surface area contributed by atoms with Crippen LogP contribution in [-0.2, 0) is 0 Å². The molecule has 7 heteroatoms. The third-order valence-corrected chi connectivity index (χ3v) is 3.90. The Morgan fingerprint density at radius 2 is 2.17 bits per heavy atom. The molecular formula is C11H6BrN3O2Se. The van der Waals surface area contributed by atoms with Gasteiger partial charge in [-0.1, -0.05) is 0 Å². The molecule has 18 heavy (non-hydrogen) atoms. The van der Waals surface area contributed by atoms with E-state index in [2.05, 4.69) is 29.2 Å². The fraction of sp³-hybridized carbons (Fsp3) is 0. The van der Waals surface area contributed by atoms with Crippen molar-refractivity contribution >= 4 is 53.5 Å². The first kappa shape index (κ1) is 11.6. The van der Waals surface area contributed by atoms with E-state index in [1.165, 1.54) is 0 Å². The molecule has 1 aromatic carbocycles. The molecule has 3 aromatic rings. The van der Waals surface area contributed by atoms with Crippen molar-refractivity contribution in [1.82, 2.24) is 7.96 Å². The van der Waals surface area contributed by atoms with Crippen LogP contribution in [0.2, 0.25) is 0 Å². The van der Waals surface area contributed by atoms with Gasteiger partial charge < -0.3 is 0 Å². The Morgan fingerprint density at radius 1 is 1.28 bits per heavy atom. The number of fused-ring (bicyclic) bond motifs is 1. The average Bonchev–Trinajstić information content (AvgIpc) is 2.97. The Kier molecular flexibility index (Phi) is 3.03. The fourth-order valence-corrected chi connectivity index (χ4v) is 2.99. The maximum absolute atomic E-state index is 11.9. The van der Waals surface area contributed by atoms with Gasteiger partial charge in [-0.05, 0) is 0 Å². The summed E-state index contributed by atoms with van der Waals surface area (Å²) in [6.45, 7) is 0. The van der Waals surface area contributed by atoms with Crippen LogP contribution in [0.3, 0.4) is 0 Å². The molecule has 0 saturated carbocycles. The van der Waals surface area contributed by atoms with Gasteiger partial charge in [0.1, 0.15) is 0 Å². The summed E-state index contributed by atoms with van der Waals surface area (Å²) in [4.78, 5) is 11.9. The minimum atomic E-state index is -0.302. The predicted octanol–water partition coefficient (Wildman–Crippen LogP) is 2.29. The summed E-state index contributed by atoms with van der Waals surface area (Å²) in [5, 5.41) is 2.77. The Morgan fingerprint density at radius 3 is 2.94 bits per heavy atom. The summed E-state index contributed by atoms with van der Waals surface area (Å²) >= 11 is 3.04. The van der Waals surface area contributed by atoms with Crippen LogP contribution in [0.4, 0.5) is 5.69 Å². The van der Waals surface area contributed by atoms with Gasteiger partial charge in [-0.15, -0.1) is 0 Å². The van der Waals surface area contributed by atoms with E-state index in [-0.39, 0.29) is 26.6 Å². The number of carbonyl (C=O) groups excluding carboxylic acids is 1. The minimum absolute atomic E-state index is 0.114. The standard InChI is InChI=1S/C11H6BrN3O2Se/c12-9-5-4-8(17-9)11(16)13-6-2-1-3-7-10(6)15-18-14-7/h1-5H,(H,13,16). The molecule has 0 bridgehead atoms. The Bertz CT molecular complexity index is 722. The summed E-state index contributed by atoms with van der Waals surface area (Å²) in [5.74, 6) is -0.0522. The molecule has 2 aromatic heterocycles. The number of carbonyl (C=O) groups is 1. The molecule has 0 saturated heterocycles. The van der Waals surface area contributed by atoms with Crippen LogP contribution in [-0.4, -0.2) is 28.8 Å². The molecular weight excluding hydrogens is 365 g/mol. The molecule has 2 heterocycles. The van der Waals surface area contributed by atoms with Gasteiger partial charge >= 0.3 is 117 Å². The molecule has 0 aliphatic carbocycles. The van der Waals surface area contributed by atoms with Crippen LogP contribution in [0.5, 0.6) is 0 Å². The first-order chi connectivity index (χ1) is 8.74. The van der Waals surface area contributed by atoms with Crippen LogP contribution in [0, 0.1) is 0 Å². The number of anilines is 1. The third kappa shape index (κ3) is 2.12. The van der Waals surface area contributed by atoms with Gasteiger partial charge in [0.05, 0.1) is 0 Å². The van der Waals surface area contributed by atoms with Crippen LogP contribution < -0.4 is 5.32 Å². The molecule has 0 aliphatic rings. The predicted molar refractivity (Wildman–Crippen MR) is 70.8 cm³/mol. The van der Waals surface area contributed by atoms with Crippen molar-refractivity contribution in [2.24, 2.45) is 0 Å². The molecule has 0 spiro atoms. The Hall–Kier alpha value is -1.43. The summed E-state index contributed by atoms with van der Waals surface area (Å²) < 4.78 is 14.3. The van der Waals surface area contributed by atoms with Crippen LogP contribution in [0.15, 0.2) is 39.4 Å². The second kappa shape index (κ2) is 4.68. The first-order valence-electron chi connectivity index (χ1n) is 5.02. The van der Waals surface area contributed by atoms with Crippen molar-refractivity contribution in [1.29, 1.82) is 0 Å². The monoisotopic (exact) mass is 371 g/mol. The van der Waals surface area contributed by atoms with E-state index < -0.39 is 0 Å². The van der Waals surface area contributed by atoms with Crippen LogP contribution in [0.1, 0.15) is 10.6 Å². The van der Waals surface area contributed by atoms with Gasteiger partial charge in [-0.2, -0.15) is 0 Å². The van der Waals surface area contributed by atoms with Crippen molar-refractivity contribution in [3.63, 3.8) is 0 Å². The second-order valence-corrected chi connectivity index (χ2v) is 5.39. The van der Waals surface area contributed by atoms with Crippen molar-refractivity contribution in [3.05, 3.63) is 40.8 Å². The Labute approximate surface area is 117 Å². The summed E-state index contributed by atoms with van der Waals surface area (Å²) in [6, 6.07) is 8.80. The molecule has 0 radical (unpaired) electrons. The van der Waals surface area contributed by atoms with Crippen molar-refractivity contribution in [3.8, 4) is 0 Å². The van der Waals surface area contributed by atoms with E-state index in [1.807, 2.05) is 12.1 Å². The van der Waals surface area contributed by atoms with E-state index in [0.717, 1.165) is 11.0 Å². The Balaban J connectivity index is 1.92. The molecule has 0 aliphatic heterocycles. The molecule has 1 amide bonds. The fourth-order valence-electron chi connectivity index (χ4n) is 1.53. The third-order valence-electron chi connectivity index (χ3n) is 2.33. The molecule has 0 fully saturated rings. The van der Waals surface area contributed by atoms with E-state index in [1.54, 1.807) is 18.2 Å². The van der Waals surface area contributed by atoms with Gasteiger partial charge in [-0.25, -0.2) is 0 Å². The maximum atomic E-state index is 11.9. The SMILES string of the molecule is O=C(Nc1cccc2n[se]nc12)c1ccc(Br)o1. The normalized spacial score (nSPS) is 10.7. The molecule has 1 N–H and O–H groups in total. The number of hydrogen-bond donors (Lipinski definition) is 1. The number of nitrogens with one attached hydrogen (secondary N) is 1. The second-order valence-electron chi connectivity index (χ2n) is 3.50. The average molecular weight is 371 g/mol. The van der Waals surface area contributed by atoms with Crippen molar-refractivity contribution in [2.45, 2.75) is 0 Å². The molecule has 3 rings (SSSR count). The quantitative estimate of drug-likeness (QED) is 0.703. The number of amides is 1. The van der Waals surface area contributed by atoms with E-state index in [0.29, 0.717) is 10.4 Å². The van der Waals surface area contributed by atoms with Gasteiger partial charge in [-0.3, -0.25) is 0 Å². The number of nitrogens with zero attached hydrogens (tertiary/aromatic N) is 2. The number of benzene rings is 1. The molecule has 0 atom stereocenters. The zero-order chi connectivity index (χ0) is 12.5. The summed E-state index contributed by atoms with van der Waals surface area (Å²) in [5.41, 5.74) is 2.23. The molecule has 90 valence electrons. The van der Waals surface area contributed by atoms with Crippen molar-refractivity contribution in [2.75, 3.05) is 5.32 Å².